The van der Waals surface area contributed by atoms with Gasteiger partial charge in [0.05, 0.1) is 0 Å². The van der Waals surface area contributed by atoms with Gasteiger partial charge in [-0.05, 0) is 62.9 Å². The Morgan fingerprint density at radius 2 is 1.84 bits per heavy atom. The maximum Gasteiger partial charge on any atom is 0.0126 e. The topological polar surface area (TPSA) is 15.3 Å². The third kappa shape index (κ3) is 3.33. The minimum Gasteiger partial charge on any atom is -0.316 e. The van der Waals surface area contributed by atoms with Crippen LogP contribution in [0.5, 0.6) is 0 Å². The fraction of sp³-hybridized carbons (Fsp3) is 1.00. The summed E-state index contributed by atoms with van der Waals surface area (Å²) in [6.45, 7) is 8.88. The van der Waals surface area contributed by atoms with Gasteiger partial charge in [-0.25, -0.2) is 0 Å². The SMILES string of the molecule is CC1CCCC(N(CC2CCCNC2)C2CC2)C1C. The van der Waals surface area contributed by atoms with E-state index in [0.717, 1.165) is 29.8 Å². The van der Waals surface area contributed by atoms with Crippen LogP contribution >= 0.6 is 0 Å². The molecule has 110 valence electrons. The van der Waals surface area contributed by atoms with E-state index < -0.39 is 0 Å². The second-order valence-corrected chi connectivity index (χ2v) is 7.47. The van der Waals surface area contributed by atoms with Gasteiger partial charge in [0.2, 0.25) is 0 Å². The molecule has 0 aromatic heterocycles. The molecule has 2 saturated carbocycles. The van der Waals surface area contributed by atoms with Crippen LogP contribution < -0.4 is 5.32 Å². The van der Waals surface area contributed by atoms with E-state index in [9.17, 15) is 0 Å². The molecule has 1 N–H and O–H groups in total. The summed E-state index contributed by atoms with van der Waals surface area (Å²) in [4.78, 5) is 2.94. The van der Waals surface area contributed by atoms with Crippen LogP contribution in [0.2, 0.25) is 0 Å². The van der Waals surface area contributed by atoms with E-state index in [0.29, 0.717) is 0 Å². The number of rotatable bonds is 4. The standard InChI is InChI=1S/C17H32N2/c1-13-5-3-7-17(14(13)2)19(16-8-9-16)12-15-6-4-10-18-11-15/h13-18H,3-12H2,1-2H3. The van der Waals surface area contributed by atoms with Crippen LogP contribution in [0.25, 0.3) is 0 Å². The van der Waals surface area contributed by atoms with E-state index in [1.165, 1.54) is 64.6 Å². The normalized spacial score (nSPS) is 40.6. The highest BCUT2D eigenvalue weighted by atomic mass is 15.2. The van der Waals surface area contributed by atoms with Crippen LogP contribution in [0.1, 0.15) is 58.8 Å². The first-order chi connectivity index (χ1) is 9.25. The van der Waals surface area contributed by atoms with Crippen molar-refractivity contribution in [2.45, 2.75) is 70.9 Å². The van der Waals surface area contributed by atoms with Gasteiger partial charge in [-0.3, -0.25) is 4.90 Å². The summed E-state index contributed by atoms with van der Waals surface area (Å²) in [6, 6.07) is 1.83. The lowest BCUT2D eigenvalue weighted by molar-refractivity contribution is 0.0574. The molecule has 1 saturated heterocycles. The first-order valence-electron chi connectivity index (χ1n) is 8.72. The first-order valence-corrected chi connectivity index (χ1v) is 8.72. The molecule has 19 heavy (non-hydrogen) atoms. The molecular weight excluding hydrogens is 232 g/mol. The van der Waals surface area contributed by atoms with Crippen LogP contribution in [0.3, 0.4) is 0 Å². The highest BCUT2D eigenvalue weighted by Gasteiger charge is 2.39. The van der Waals surface area contributed by atoms with Crippen molar-refractivity contribution in [3.63, 3.8) is 0 Å². The molecule has 0 amide bonds. The number of nitrogens with one attached hydrogen (secondary N) is 1. The van der Waals surface area contributed by atoms with Gasteiger partial charge in [0.1, 0.15) is 0 Å². The van der Waals surface area contributed by atoms with Gasteiger partial charge in [-0.15, -0.1) is 0 Å². The zero-order chi connectivity index (χ0) is 13.2. The predicted molar refractivity (Wildman–Crippen MR) is 81.3 cm³/mol. The first kappa shape index (κ1) is 13.9. The molecular formula is C17H32N2. The van der Waals surface area contributed by atoms with Gasteiger partial charge in [-0.2, -0.15) is 0 Å². The van der Waals surface area contributed by atoms with Crippen LogP contribution in [-0.4, -0.2) is 36.6 Å². The lowest BCUT2D eigenvalue weighted by Crippen LogP contribution is -2.49. The summed E-state index contributed by atoms with van der Waals surface area (Å²) < 4.78 is 0. The Bertz CT molecular complexity index is 281. The number of nitrogens with zero attached hydrogens (tertiary/aromatic N) is 1. The van der Waals surface area contributed by atoms with Crippen molar-refractivity contribution in [3.8, 4) is 0 Å². The Labute approximate surface area is 119 Å². The molecule has 2 heteroatoms. The van der Waals surface area contributed by atoms with Gasteiger partial charge in [0, 0.05) is 18.6 Å². The maximum absolute atomic E-state index is 3.60. The van der Waals surface area contributed by atoms with Crippen molar-refractivity contribution < 1.29 is 0 Å². The molecule has 0 aromatic carbocycles. The fourth-order valence-electron chi connectivity index (χ4n) is 4.36. The van der Waals surface area contributed by atoms with Gasteiger partial charge in [0.15, 0.2) is 0 Å². The fourth-order valence-corrected chi connectivity index (χ4v) is 4.36. The third-order valence-corrected chi connectivity index (χ3v) is 5.97. The average molecular weight is 264 g/mol. The van der Waals surface area contributed by atoms with Crippen LogP contribution in [-0.2, 0) is 0 Å². The molecule has 0 bridgehead atoms. The lowest BCUT2D eigenvalue weighted by Gasteiger charge is -2.43. The van der Waals surface area contributed by atoms with Crippen molar-refractivity contribution in [3.05, 3.63) is 0 Å². The van der Waals surface area contributed by atoms with Crippen LogP contribution in [0, 0.1) is 17.8 Å². The van der Waals surface area contributed by atoms with E-state index in [4.69, 9.17) is 0 Å². The Morgan fingerprint density at radius 3 is 2.53 bits per heavy atom. The molecule has 3 rings (SSSR count). The quantitative estimate of drug-likeness (QED) is 0.838. The van der Waals surface area contributed by atoms with Crippen molar-refractivity contribution in [1.29, 1.82) is 0 Å². The summed E-state index contributed by atoms with van der Waals surface area (Å²) in [7, 11) is 0. The van der Waals surface area contributed by atoms with Gasteiger partial charge in [0.25, 0.3) is 0 Å². The van der Waals surface area contributed by atoms with E-state index in [1.54, 1.807) is 0 Å². The number of hydrogen-bond acceptors (Lipinski definition) is 2. The molecule has 0 spiro atoms. The number of piperidine rings is 1. The molecule has 4 atom stereocenters. The second kappa shape index (κ2) is 6.13. The Morgan fingerprint density at radius 1 is 1.00 bits per heavy atom. The molecule has 3 fully saturated rings. The van der Waals surface area contributed by atoms with Crippen molar-refractivity contribution in [2.24, 2.45) is 17.8 Å². The number of hydrogen-bond donors (Lipinski definition) is 1. The van der Waals surface area contributed by atoms with Gasteiger partial charge < -0.3 is 5.32 Å². The smallest absolute Gasteiger partial charge is 0.0126 e. The van der Waals surface area contributed by atoms with Gasteiger partial charge >= 0.3 is 0 Å². The molecule has 1 heterocycles. The van der Waals surface area contributed by atoms with E-state index in [2.05, 4.69) is 24.1 Å². The van der Waals surface area contributed by atoms with E-state index in [1.807, 2.05) is 0 Å². The van der Waals surface area contributed by atoms with Crippen molar-refractivity contribution in [2.75, 3.05) is 19.6 Å². The van der Waals surface area contributed by atoms with Crippen molar-refractivity contribution >= 4 is 0 Å². The summed E-state index contributed by atoms with van der Waals surface area (Å²) in [5.74, 6) is 2.76. The summed E-state index contributed by atoms with van der Waals surface area (Å²) in [5.41, 5.74) is 0. The summed E-state index contributed by atoms with van der Waals surface area (Å²) in [5, 5.41) is 3.60. The van der Waals surface area contributed by atoms with Gasteiger partial charge in [-0.1, -0.05) is 26.7 Å². The molecule has 1 aliphatic heterocycles. The molecule has 2 aliphatic carbocycles. The molecule has 3 aliphatic rings. The Kier molecular flexibility index (Phi) is 4.48. The largest absolute Gasteiger partial charge is 0.316 e. The molecule has 0 radical (unpaired) electrons. The highest BCUT2D eigenvalue weighted by Crippen LogP contribution is 2.39. The van der Waals surface area contributed by atoms with Crippen LogP contribution in [0.4, 0.5) is 0 Å². The minimum atomic E-state index is 0.887. The Balaban J connectivity index is 1.62. The Hall–Kier alpha value is -0.0800. The lowest BCUT2D eigenvalue weighted by atomic mass is 9.77. The zero-order valence-electron chi connectivity index (χ0n) is 12.9. The average Bonchev–Trinajstić information content (AvgIpc) is 3.25. The molecule has 2 nitrogen and oxygen atoms in total. The predicted octanol–water partition coefficient (Wildman–Crippen LogP) is 3.28. The summed E-state index contributed by atoms with van der Waals surface area (Å²) in [6.07, 6.45) is 10.2. The van der Waals surface area contributed by atoms with E-state index in [-0.39, 0.29) is 0 Å². The third-order valence-electron chi connectivity index (χ3n) is 5.97. The second-order valence-electron chi connectivity index (χ2n) is 7.47. The highest BCUT2D eigenvalue weighted by molar-refractivity contribution is 4.94. The molecule has 4 unspecified atom stereocenters. The molecule has 0 aromatic rings. The zero-order valence-corrected chi connectivity index (χ0v) is 12.9. The van der Waals surface area contributed by atoms with Crippen molar-refractivity contribution in [1.82, 2.24) is 10.2 Å². The summed E-state index contributed by atoms with van der Waals surface area (Å²) >= 11 is 0. The van der Waals surface area contributed by atoms with Crippen LogP contribution in [0.15, 0.2) is 0 Å². The maximum atomic E-state index is 3.60. The monoisotopic (exact) mass is 264 g/mol. The van der Waals surface area contributed by atoms with E-state index >= 15 is 0 Å². The minimum absolute atomic E-state index is 0.887.